The van der Waals surface area contributed by atoms with Crippen LogP contribution in [0.1, 0.15) is 124 Å². The van der Waals surface area contributed by atoms with Crippen molar-refractivity contribution < 1.29 is 0 Å². The van der Waals surface area contributed by atoms with Crippen molar-refractivity contribution in [3.63, 3.8) is 0 Å². The van der Waals surface area contributed by atoms with Crippen LogP contribution in [-0.4, -0.2) is 0 Å². The van der Waals surface area contributed by atoms with Crippen LogP contribution in [0.3, 0.4) is 0 Å². The summed E-state index contributed by atoms with van der Waals surface area (Å²) in [6, 6.07) is 0. The molecule has 0 spiro atoms. The van der Waals surface area contributed by atoms with Gasteiger partial charge in [0.25, 0.3) is 0 Å². The SMILES string of the molecule is C=C(C)CCCCCCCCCCCC(C)C(C)CCCCC. The molecule has 0 heterocycles. The summed E-state index contributed by atoms with van der Waals surface area (Å²) in [6.45, 7) is 13.4. The highest BCUT2D eigenvalue weighted by molar-refractivity contribution is 4.86. The van der Waals surface area contributed by atoms with E-state index in [0.29, 0.717) is 0 Å². The Morgan fingerprint density at radius 1 is 0.652 bits per heavy atom. The minimum Gasteiger partial charge on any atom is -0.100 e. The van der Waals surface area contributed by atoms with Crippen LogP contribution in [0.25, 0.3) is 0 Å². The fraction of sp³-hybridized carbons (Fsp3) is 0.913. The van der Waals surface area contributed by atoms with Crippen LogP contribution in [0, 0.1) is 11.8 Å². The summed E-state index contributed by atoms with van der Waals surface area (Å²) in [6.07, 6.45) is 21.3. The Morgan fingerprint density at radius 2 is 1.04 bits per heavy atom. The van der Waals surface area contributed by atoms with Gasteiger partial charge in [0.15, 0.2) is 0 Å². The van der Waals surface area contributed by atoms with E-state index in [9.17, 15) is 0 Å². The Hall–Kier alpha value is -0.260. The van der Waals surface area contributed by atoms with Crippen molar-refractivity contribution in [3.8, 4) is 0 Å². The lowest BCUT2D eigenvalue weighted by atomic mass is 9.87. The van der Waals surface area contributed by atoms with E-state index in [1.54, 1.807) is 0 Å². The first kappa shape index (κ1) is 22.7. The van der Waals surface area contributed by atoms with Crippen LogP contribution in [0.4, 0.5) is 0 Å². The predicted octanol–water partition coefficient (Wildman–Crippen LogP) is 8.71. The lowest BCUT2D eigenvalue weighted by Crippen LogP contribution is -2.08. The zero-order valence-electron chi connectivity index (χ0n) is 17.0. The fourth-order valence-electron chi connectivity index (χ4n) is 3.42. The molecule has 0 aliphatic carbocycles. The minimum atomic E-state index is 0.931. The molecule has 0 aromatic rings. The molecule has 138 valence electrons. The van der Waals surface area contributed by atoms with Crippen LogP contribution in [0.5, 0.6) is 0 Å². The largest absolute Gasteiger partial charge is 0.100 e. The Kier molecular flexibility index (Phi) is 16.4. The summed E-state index contributed by atoms with van der Waals surface area (Å²) in [4.78, 5) is 0. The van der Waals surface area contributed by atoms with Crippen molar-refractivity contribution in [2.45, 2.75) is 124 Å². The number of hydrogen-bond acceptors (Lipinski definition) is 0. The lowest BCUT2D eigenvalue weighted by Gasteiger charge is -2.19. The van der Waals surface area contributed by atoms with E-state index in [4.69, 9.17) is 0 Å². The molecule has 0 fully saturated rings. The molecule has 0 bridgehead atoms. The third kappa shape index (κ3) is 16.4. The zero-order valence-corrected chi connectivity index (χ0v) is 17.0. The van der Waals surface area contributed by atoms with Gasteiger partial charge in [0.1, 0.15) is 0 Å². The van der Waals surface area contributed by atoms with Gasteiger partial charge in [-0.05, 0) is 31.6 Å². The molecule has 0 nitrogen and oxygen atoms in total. The number of rotatable bonds is 17. The first-order valence-electron chi connectivity index (χ1n) is 10.7. The Bertz CT molecular complexity index is 253. The molecule has 0 aromatic carbocycles. The highest BCUT2D eigenvalue weighted by atomic mass is 14.2. The minimum absolute atomic E-state index is 0.931. The normalized spacial score (nSPS) is 13.9. The third-order valence-corrected chi connectivity index (χ3v) is 5.50. The maximum atomic E-state index is 3.97. The Balaban J connectivity index is 3.27. The molecule has 0 aromatic heterocycles. The molecule has 2 unspecified atom stereocenters. The van der Waals surface area contributed by atoms with E-state index >= 15 is 0 Å². The molecule has 0 N–H and O–H groups in total. The average molecular weight is 323 g/mol. The van der Waals surface area contributed by atoms with Crippen LogP contribution in [-0.2, 0) is 0 Å². The van der Waals surface area contributed by atoms with Gasteiger partial charge < -0.3 is 0 Å². The molecule has 23 heavy (non-hydrogen) atoms. The summed E-state index contributed by atoms with van der Waals surface area (Å²) >= 11 is 0. The van der Waals surface area contributed by atoms with Crippen LogP contribution in [0.2, 0.25) is 0 Å². The second-order valence-electron chi connectivity index (χ2n) is 8.13. The summed E-state index contributed by atoms with van der Waals surface area (Å²) in [5.74, 6) is 1.86. The Labute approximate surface area is 148 Å². The van der Waals surface area contributed by atoms with Crippen molar-refractivity contribution in [1.82, 2.24) is 0 Å². The van der Waals surface area contributed by atoms with E-state index in [0.717, 1.165) is 11.8 Å². The molecule has 0 saturated carbocycles. The first-order chi connectivity index (χ1) is 11.1. The van der Waals surface area contributed by atoms with Crippen molar-refractivity contribution in [2.24, 2.45) is 11.8 Å². The van der Waals surface area contributed by atoms with Crippen LogP contribution < -0.4 is 0 Å². The lowest BCUT2D eigenvalue weighted by molar-refractivity contribution is 0.323. The van der Waals surface area contributed by atoms with Gasteiger partial charge in [0, 0.05) is 0 Å². The van der Waals surface area contributed by atoms with Gasteiger partial charge in [-0.2, -0.15) is 0 Å². The van der Waals surface area contributed by atoms with Crippen LogP contribution in [0.15, 0.2) is 12.2 Å². The van der Waals surface area contributed by atoms with Gasteiger partial charge in [-0.1, -0.05) is 110 Å². The predicted molar refractivity (Wildman–Crippen MR) is 108 cm³/mol. The van der Waals surface area contributed by atoms with Crippen molar-refractivity contribution >= 4 is 0 Å². The van der Waals surface area contributed by atoms with E-state index in [2.05, 4.69) is 34.3 Å². The van der Waals surface area contributed by atoms with Crippen molar-refractivity contribution in [2.75, 3.05) is 0 Å². The number of unbranched alkanes of at least 4 members (excludes halogenated alkanes) is 10. The second kappa shape index (κ2) is 16.6. The van der Waals surface area contributed by atoms with Crippen LogP contribution >= 0.6 is 0 Å². The molecule has 0 saturated heterocycles. The Morgan fingerprint density at radius 3 is 1.48 bits per heavy atom. The highest BCUT2D eigenvalue weighted by Crippen LogP contribution is 2.24. The maximum absolute atomic E-state index is 3.97. The summed E-state index contributed by atoms with van der Waals surface area (Å²) in [7, 11) is 0. The smallest absolute Gasteiger partial charge is 0.0326 e. The first-order valence-corrected chi connectivity index (χ1v) is 10.7. The number of hydrogen-bond donors (Lipinski definition) is 0. The van der Waals surface area contributed by atoms with E-state index < -0.39 is 0 Å². The maximum Gasteiger partial charge on any atom is -0.0326 e. The topological polar surface area (TPSA) is 0 Å². The van der Waals surface area contributed by atoms with Gasteiger partial charge in [0.05, 0.1) is 0 Å². The van der Waals surface area contributed by atoms with E-state index in [-0.39, 0.29) is 0 Å². The molecule has 0 radical (unpaired) electrons. The molecule has 0 aliphatic rings. The summed E-state index contributed by atoms with van der Waals surface area (Å²) in [5, 5.41) is 0. The quantitative estimate of drug-likeness (QED) is 0.185. The monoisotopic (exact) mass is 322 g/mol. The summed E-state index contributed by atoms with van der Waals surface area (Å²) in [5.41, 5.74) is 1.35. The van der Waals surface area contributed by atoms with Crippen molar-refractivity contribution in [3.05, 3.63) is 12.2 Å². The molecule has 0 rings (SSSR count). The third-order valence-electron chi connectivity index (χ3n) is 5.50. The molecular formula is C23H46. The molecular weight excluding hydrogens is 276 g/mol. The second-order valence-corrected chi connectivity index (χ2v) is 8.13. The molecule has 0 amide bonds. The van der Waals surface area contributed by atoms with E-state index in [1.807, 2.05) is 0 Å². The van der Waals surface area contributed by atoms with Crippen molar-refractivity contribution in [1.29, 1.82) is 0 Å². The van der Waals surface area contributed by atoms with Gasteiger partial charge in [-0.15, -0.1) is 6.58 Å². The summed E-state index contributed by atoms with van der Waals surface area (Å²) < 4.78 is 0. The molecule has 2 atom stereocenters. The van der Waals surface area contributed by atoms with E-state index in [1.165, 1.54) is 102 Å². The van der Waals surface area contributed by atoms with Gasteiger partial charge in [-0.25, -0.2) is 0 Å². The highest BCUT2D eigenvalue weighted by Gasteiger charge is 2.11. The molecule has 0 heteroatoms. The van der Waals surface area contributed by atoms with Gasteiger partial charge >= 0.3 is 0 Å². The standard InChI is InChI=1S/C23H46/c1-6-7-15-19-22(4)23(5)20-17-14-12-10-8-9-11-13-16-18-21(2)3/h22-23H,2,6-20H2,1,3-5H3. The number of allylic oxidation sites excluding steroid dienone is 1. The van der Waals surface area contributed by atoms with Gasteiger partial charge in [0.2, 0.25) is 0 Å². The van der Waals surface area contributed by atoms with Gasteiger partial charge in [-0.3, -0.25) is 0 Å². The zero-order chi connectivity index (χ0) is 17.3. The average Bonchev–Trinajstić information content (AvgIpc) is 2.52. The fourth-order valence-corrected chi connectivity index (χ4v) is 3.42. The molecule has 0 aliphatic heterocycles.